The Hall–Kier alpha value is -0.450. The number of fused-ring (bicyclic) bond motifs is 7. The maximum Gasteiger partial charge on any atom is 0.171 e. The summed E-state index contributed by atoms with van der Waals surface area (Å²) in [6.45, 7) is 10.4. The first-order valence-corrected chi connectivity index (χ1v) is 13.2. The van der Waals surface area contributed by atoms with E-state index in [1.165, 1.54) is 19.3 Å². The minimum absolute atomic E-state index is 0.131. The Labute approximate surface area is 187 Å². The molecule has 1 spiro atoms. The lowest BCUT2D eigenvalue weighted by atomic mass is 9.43. The monoisotopic (exact) mass is 430 g/mol. The molecule has 6 rings (SSSR count). The molecule has 4 heteroatoms. The van der Waals surface area contributed by atoms with Crippen molar-refractivity contribution in [3.63, 3.8) is 0 Å². The number of aliphatic hydroxyl groups excluding tert-OH is 1. The van der Waals surface area contributed by atoms with E-state index in [9.17, 15) is 9.90 Å². The molecule has 1 N–H and O–H groups in total. The molecule has 0 aromatic rings. The minimum atomic E-state index is -0.384. The van der Waals surface area contributed by atoms with Crippen molar-refractivity contribution in [1.29, 1.82) is 0 Å². The maximum absolute atomic E-state index is 12.2. The third kappa shape index (κ3) is 2.74. The molecule has 0 radical (unpaired) electrons. The highest BCUT2D eigenvalue weighted by atomic mass is 16.7. The number of hydrogen-bond donors (Lipinski definition) is 1. The molecule has 2 aliphatic heterocycles. The lowest BCUT2D eigenvalue weighted by Crippen LogP contribution is -2.59. The molecular formula is C27H42O4. The van der Waals surface area contributed by atoms with Gasteiger partial charge in [-0.25, -0.2) is 0 Å². The van der Waals surface area contributed by atoms with Gasteiger partial charge in [-0.2, -0.15) is 0 Å². The molecule has 6 aliphatic rings. The van der Waals surface area contributed by atoms with Crippen LogP contribution in [0.15, 0.2) is 0 Å². The van der Waals surface area contributed by atoms with Gasteiger partial charge in [0.05, 0.1) is 18.8 Å². The van der Waals surface area contributed by atoms with Crippen LogP contribution in [0.3, 0.4) is 0 Å². The van der Waals surface area contributed by atoms with Crippen LogP contribution in [0.4, 0.5) is 0 Å². The number of ketones is 1. The van der Waals surface area contributed by atoms with Gasteiger partial charge in [0.2, 0.25) is 0 Å². The van der Waals surface area contributed by atoms with Gasteiger partial charge in [0.1, 0.15) is 5.78 Å². The Morgan fingerprint density at radius 3 is 2.58 bits per heavy atom. The zero-order valence-corrected chi connectivity index (χ0v) is 19.9. The van der Waals surface area contributed by atoms with Crippen LogP contribution in [-0.2, 0) is 14.3 Å². The van der Waals surface area contributed by atoms with Gasteiger partial charge in [0, 0.05) is 25.2 Å². The van der Waals surface area contributed by atoms with Crippen LogP contribution >= 0.6 is 0 Å². The molecule has 2 heterocycles. The second-order valence-electron chi connectivity index (χ2n) is 13.1. The van der Waals surface area contributed by atoms with Crippen LogP contribution in [0.1, 0.15) is 85.5 Å². The Kier molecular flexibility index (Phi) is 4.62. The molecule has 4 nitrogen and oxygen atoms in total. The first-order chi connectivity index (χ1) is 14.7. The molecule has 6 fully saturated rings. The van der Waals surface area contributed by atoms with Crippen molar-refractivity contribution in [1.82, 2.24) is 0 Å². The molecule has 4 aliphatic carbocycles. The van der Waals surface area contributed by atoms with Gasteiger partial charge in [0.25, 0.3) is 0 Å². The third-order valence-corrected chi connectivity index (χ3v) is 11.7. The van der Waals surface area contributed by atoms with Gasteiger partial charge in [-0.1, -0.05) is 27.7 Å². The predicted molar refractivity (Wildman–Crippen MR) is 118 cm³/mol. The topological polar surface area (TPSA) is 55.8 Å². The van der Waals surface area contributed by atoms with E-state index in [2.05, 4.69) is 27.7 Å². The summed E-state index contributed by atoms with van der Waals surface area (Å²) in [6.07, 6.45) is 9.07. The first kappa shape index (κ1) is 21.1. The normalized spacial score (nSPS) is 60.9. The number of aliphatic hydroxyl groups is 1. The Bertz CT molecular complexity index is 756. The smallest absolute Gasteiger partial charge is 0.171 e. The Morgan fingerprint density at radius 1 is 1.03 bits per heavy atom. The van der Waals surface area contributed by atoms with Crippen LogP contribution in [-0.4, -0.2) is 35.5 Å². The summed E-state index contributed by atoms with van der Waals surface area (Å²) in [7, 11) is 0. The highest BCUT2D eigenvalue weighted by Crippen LogP contribution is 2.71. The summed E-state index contributed by atoms with van der Waals surface area (Å²) >= 11 is 0. The highest BCUT2D eigenvalue weighted by molar-refractivity contribution is 5.79. The van der Waals surface area contributed by atoms with Crippen molar-refractivity contribution in [2.75, 3.05) is 6.61 Å². The molecule has 0 bridgehead atoms. The van der Waals surface area contributed by atoms with Gasteiger partial charge in [-0.15, -0.1) is 0 Å². The summed E-state index contributed by atoms with van der Waals surface area (Å²) in [5.41, 5.74) is 0.264. The van der Waals surface area contributed by atoms with Crippen LogP contribution in [0, 0.1) is 52.3 Å². The van der Waals surface area contributed by atoms with Gasteiger partial charge < -0.3 is 14.6 Å². The number of Topliss-reactive ketones (excluding diaryl/α,β-unsaturated/α-hetero) is 1. The Morgan fingerprint density at radius 2 is 1.84 bits per heavy atom. The van der Waals surface area contributed by atoms with Gasteiger partial charge in [0.15, 0.2) is 5.79 Å². The van der Waals surface area contributed by atoms with E-state index in [-0.39, 0.29) is 28.8 Å². The summed E-state index contributed by atoms with van der Waals surface area (Å²) in [5, 5.41) is 11.7. The molecule has 12 unspecified atom stereocenters. The number of rotatable bonds is 0. The summed E-state index contributed by atoms with van der Waals surface area (Å²) in [6, 6.07) is 0. The molecule has 0 aromatic carbocycles. The molecular weight excluding hydrogens is 388 g/mol. The summed E-state index contributed by atoms with van der Waals surface area (Å²) in [4.78, 5) is 12.2. The molecule has 0 aromatic heterocycles. The zero-order valence-electron chi connectivity index (χ0n) is 19.9. The van der Waals surface area contributed by atoms with E-state index >= 15 is 0 Å². The fourth-order valence-electron chi connectivity index (χ4n) is 10.2. The van der Waals surface area contributed by atoms with Crippen LogP contribution < -0.4 is 0 Å². The van der Waals surface area contributed by atoms with E-state index in [4.69, 9.17) is 9.47 Å². The van der Waals surface area contributed by atoms with E-state index in [0.717, 1.165) is 38.7 Å². The van der Waals surface area contributed by atoms with Crippen molar-refractivity contribution in [2.24, 2.45) is 52.3 Å². The first-order valence-electron chi connectivity index (χ1n) is 13.2. The van der Waals surface area contributed by atoms with E-state index in [1.54, 1.807) is 0 Å². The zero-order chi connectivity index (χ0) is 21.8. The molecule has 12 atom stereocenters. The van der Waals surface area contributed by atoms with Crippen molar-refractivity contribution in [2.45, 2.75) is 103 Å². The minimum Gasteiger partial charge on any atom is -0.393 e. The SMILES string of the molecule is CC1CCC2(OC1)OC1CC3C4CCC5CC(=O)CCC5(C)C4C(O)CC3(C)C1C2C. The second kappa shape index (κ2) is 6.79. The maximum atomic E-state index is 12.2. The van der Waals surface area contributed by atoms with E-state index in [0.29, 0.717) is 53.6 Å². The second-order valence-corrected chi connectivity index (χ2v) is 13.1. The van der Waals surface area contributed by atoms with Crippen LogP contribution in [0.2, 0.25) is 0 Å². The average molecular weight is 431 g/mol. The Balaban J connectivity index is 1.30. The lowest BCUT2D eigenvalue weighted by molar-refractivity contribution is -0.274. The largest absolute Gasteiger partial charge is 0.393 e. The lowest BCUT2D eigenvalue weighted by Gasteiger charge is -2.62. The summed E-state index contributed by atoms with van der Waals surface area (Å²) < 4.78 is 13.3. The van der Waals surface area contributed by atoms with E-state index in [1.807, 2.05) is 0 Å². The fourth-order valence-corrected chi connectivity index (χ4v) is 10.2. The van der Waals surface area contributed by atoms with Crippen molar-refractivity contribution >= 4 is 5.78 Å². The van der Waals surface area contributed by atoms with Crippen LogP contribution in [0.25, 0.3) is 0 Å². The van der Waals surface area contributed by atoms with Gasteiger partial charge in [-0.05, 0) is 84.9 Å². The average Bonchev–Trinajstić information content (AvgIpc) is 3.15. The van der Waals surface area contributed by atoms with Crippen molar-refractivity contribution in [3.8, 4) is 0 Å². The summed E-state index contributed by atoms with van der Waals surface area (Å²) in [5.74, 6) is 3.61. The highest BCUT2D eigenvalue weighted by Gasteiger charge is 2.70. The van der Waals surface area contributed by atoms with Gasteiger partial charge >= 0.3 is 0 Å². The van der Waals surface area contributed by atoms with Gasteiger partial charge in [-0.3, -0.25) is 4.79 Å². The number of hydrogen-bond acceptors (Lipinski definition) is 4. The number of carbonyl (C=O) groups is 1. The van der Waals surface area contributed by atoms with Crippen LogP contribution in [0.5, 0.6) is 0 Å². The molecule has 31 heavy (non-hydrogen) atoms. The molecule has 4 saturated carbocycles. The number of ether oxygens (including phenoxy) is 2. The molecule has 174 valence electrons. The standard InChI is InChI=1S/C27H42O4/c1-15-7-10-27(30-14-15)16(2)23-22(31-27)12-20-19-6-5-17-11-18(28)8-9-25(17,3)24(19)21(29)13-26(20,23)4/h15-17,19-24,29H,5-14H2,1-4H3. The molecule has 2 saturated heterocycles. The predicted octanol–water partition coefficient (Wildman–Crippen LogP) is 4.97. The van der Waals surface area contributed by atoms with Crippen molar-refractivity contribution < 1.29 is 19.4 Å². The number of carbonyl (C=O) groups excluding carboxylic acids is 1. The molecule has 0 amide bonds. The van der Waals surface area contributed by atoms with E-state index < -0.39 is 0 Å². The fraction of sp³-hybridized carbons (Fsp3) is 0.963. The van der Waals surface area contributed by atoms with Crippen molar-refractivity contribution in [3.05, 3.63) is 0 Å². The third-order valence-electron chi connectivity index (χ3n) is 11.7. The quantitative estimate of drug-likeness (QED) is 0.589.